The van der Waals surface area contributed by atoms with Crippen molar-refractivity contribution >= 4 is 22.7 Å². The van der Waals surface area contributed by atoms with E-state index in [9.17, 15) is 14.5 Å². The van der Waals surface area contributed by atoms with Crippen molar-refractivity contribution in [1.29, 1.82) is 0 Å². The second kappa shape index (κ2) is 6.53. The SMILES string of the molecule is COc1cc(F)c([N+](=O)[O-])c(NCC(C)c2ccsc2)c1. The van der Waals surface area contributed by atoms with Crippen LogP contribution in [0.1, 0.15) is 18.4 Å². The number of hydrogen-bond donors (Lipinski definition) is 1. The van der Waals surface area contributed by atoms with Crippen molar-refractivity contribution in [3.63, 3.8) is 0 Å². The van der Waals surface area contributed by atoms with E-state index in [-0.39, 0.29) is 17.4 Å². The van der Waals surface area contributed by atoms with Gasteiger partial charge in [-0.15, -0.1) is 0 Å². The van der Waals surface area contributed by atoms with E-state index in [0.717, 1.165) is 11.6 Å². The van der Waals surface area contributed by atoms with E-state index in [2.05, 4.69) is 5.32 Å². The van der Waals surface area contributed by atoms with Crippen molar-refractivity contribution < 1.29 is 14.1 Å². The van der Waals surface area contributed by atoms with E-state index in [1.807, 2.05) is 23.8 Å². The number of hydrogen-bond acceptors (Lipinski definition) is 5. The number of nitrogens with zero attached hydrogens (tertiary/aromatic N) is 1. The Bertz CT molecular complexity index is 631. The molecule has 0 aliphatic carbocycles. The zero-order valence-corrected chi connectivity index (χ0v) is 12.4. The molecule has 0 radical (unpaired) electrons. The monoisotopic (exact) mass is 310 g/mol. The predicted octanol–water partition coefficient (Wildman–Crippen LogP) is 4.02. The second-order valence-corrected chi connectivity index (χ2v) is 5.38. The molecule has 5 nitrogen and oxygen atoms in total. The first kappa shape index (κ1) is 15.2. The van der Waals surface area contributed by atoms with Gasteiger partial charge in [0.05, 0.1) is 12.0 Å². The highest BCUT2D eigenvalue weighted by Gasteiger charge is 2.22. The molecule has 1 N–H and O–H groups in total. The fourth-order valence-electron chi connectivity index (χ4n) is 1.95. The Hall–Kier alpha value is -2.15. The molecule has 2 rings (SSSR count). The van der Waals surface area contributed by atoms with Gasteiger partial charge in [0.2, 0.25) is 5.82 Å². The number of nitro groups is 1. The van der Waals surface area contributed by atoms with Crippen LogP contribution < -0.4 is 10.1 Å². The smallest absolute Gasteiger partial charge is 0.327 e. The molecule has 0 spiro atoms. The topological polar surface area (TPSA) is 64.4 Å². The Kier molecular flexibility index (Phi) is 4.74. The van der Waals surface area contributed by atoms with Crippen molar-refractivity contribution in [3.8, 4) is 5.75 Å². The Balaban J connectivity index is 2.22. The molecule has 0 bridgehead atoms. The van der Waals surface area contributed by atoms with Gasteiger partial charge in [-0.05, 0) is 28.3 Å². The van der Waals surface area contributed by atoms with E-state index >= 15 is 0 Å². The number of nitro benzene ring substituents is 1. The average Bonchev–Trinajstić information content (AvgIpc) is 2.97. The normalized spacial score (nSPS) is 12.0. The van der Waals surface area contributed by atoms with Gasteiger partial charge in [-0.2, -0.15) is 15.7 Å². The molecule has 0 saturated heterocycles. The maximum atomic E-state index is 13.8. The maximum Gasteiger partial charge on any atom is 0.327 e. The van der Waals surface area contributed by atoms with Crippen LogP contribution >= 0.6 is 11.3 Å². The molecule has 1 heterocycles. The summed E-state index contributed by atoms with van der Waals surface area (Å²) in [6.07, 6.45) is 0. The van der Waals surface area contributed by atoms with Crippen LogP contribution in [0.4, 0.5) is 15.8 Å². The van der Waals surface area contributed by atoms with Crippen LogP contribution in [0.5, 0.6) is 5.75 Å². The highest BCUT2D eigenvalue weighted by atomic mass is 32.1. The summed E-state index contributed by atoms with van der Waals surface area (Å²) in [5, 5.41) is 17.9. The summed E-state index contributed by atoms with van der Waals surface area (Å²) < 4.78 is 18.7. The number of methoxy groups -OCH3 is 1. The lowest BCUT2D eigenvalue weighted by Crippen LogP contribution is -2.11. The van der Waals surface area contributed by atoms with Gasteiger partial charge in [0.25, 0.3) is 0 Å². The van der Waals surface area contributed by atoms with Crippen molar-refractivity contribution in [2.24, 2.45) is 0 Å². The van der Waals surface area contributed by atoms with E-state index in [1.54, 1.807) is 11.3 Å². The van der Waals surface area contributed by atoms with Gasteiger partial charge in [0.15, 0.2) is 0 Å². The van der Waals surface area contributed by atoms with Gasteiger partial charge in [0, 0.05) is 18.7 Å². The number of halogens is 1. The Morgan fingerprint density at radius 2 is 2.29 bits per heavy atom. The number of thiophene rings is 1. The van der Waals surface area contributed by atoms with Gasteiger partial charge >= 0.3 is 5.69 Å². The van der Waals surface area contributed by atoms with Crippen molar-refractivity contribution in [2.45, 2.75) is 12.8 Å². The van der Waals surface area contributed by atoms with Crippen molar-refractivity contribution in [3.05, 3.63) is 50.5 Å². The Labute approximate surface area is 125 Å². The van der Waals surface area contributed by atoms with Gasteiger partial charge in [-0.1, -0.05) is 6.92 Å². The molecule has 21 heavy (non-hydrogen) atoms. The number of anilines is 1. The molecule has 1 atom stereocenters. The van der Waals surface area contributed by atoms with Crippen LogP contribution in [-0.2, 0) is 0 Å². The third-order valence-corrected chi connectivity index (χ3v) is 3.87. The third-order valence-electron chi connectivity index (χ3n) is 3.17. The first-order valence-electron chi connectivity index (χ1n) is 6.30. The van der Waals surface area contributed by atoms with Gasteiger partial charge < -0.3 is 10.1 Å². The fourth-order valence-corrected chi connectivity index (χ4v) is 2.73. The van der Waals surface area contributed by atoms with Crippen molar-refractivity contribution in [2.75, 3.05) is 19.0 Å². The largest absolute Gasteiger partial charge is 0.497 e. The Morgan fingerprint density at radius 3 is 2.86 bits per heavy atom. The summed E-state index contributed by atoms with van der Waals surface area (Å²) in [4.78, 5) is 10.3. The average molecular weight is 310 g/mol. The number of benzene rings is 1. The molecule has 0 saturated carbocycles. The molecule has 7 heteroatoms. The van der Waals surface area contributed by atoms with Crippen LogP contribution in [0, 0.1) is 15.9 Å². The zero-order valence-electron chi connectivity index (χ0n) is 11.6. The van der Waals surface area contributed by atoms with Crippen LogP contribution in [0.2, 0.25) is 0 Å². The third kappa shape index (κ3) is 3.49. The molecular formula is C14H15FN2O3S. The van der Waals surface area contributed by atoms with Crippen LogP contribution in [-0.4, -0.2) is 18.6 Å². The molecule has 0 fully saturated rings. The summed E-state index contributed by atoms with van der Waals surface area (Å²) in [5.74, 6) is -0.515. The lowest BCUT2D eigenvalue weighted by atomic mass is 10.1. The highest BCUT2D eigenvalue weighted by Crippen LogP contribution is 2.33. The number of nitrogens with one attached hydrogen (secondary N) is 1. The molecule has 0 aliphatic rings. The predicted molar refractivity (Wildman–Crippen MR) is 80.8 cm³/mol. The van der Waals surface area contributed by atoms with Gasteiger partial charge in [-0.3, -0.25) is 10.1 Å². The minimum Gasteiger partial charge on any atom is -0.497 e. The lowest BCUT2D eigenvalue weighted by molar-refractivity contribution is -0.386. The first-order chi connectivity index (χ1) is 10.0. The standard InChI is InChI=1S/C14H15FN2O3S/c1-9(10-3-4-21-8-10)7-16-13-6-11(20-2)5-12(15)14(13)17(18)19/h3-6,8-9,16H,7H2,1-2H3. The van der Waals surface area contributed by atoms with E-state index in [0.29, 0.717) is 6.54 Å². The molecule has 1 aromatic carbocycles. The summed E-state index contributed by atoms with van der Waals surface area (Å²) >= 11 is 1.59. The summed E-state index contributed by atoms with van der Waals surface area (Å²) in [5.41, 5.74) is 0.700. The van der Waals surface area contributed by atoms with Crippen molar-refractivity contribution in [1.82, 2.24) is 0 Å². The second-order valence-electron chi connectivity index (χ2n) is 4.60. The number of rotatable bonds is 6. The highest BCUT2D eigenvalue weighted by molar-refractivity contribution is 7.07. The lowest BCUT2D eigenvalue weighted by Gasteiger charge is -2.13. The van der Waals surface area contributed by atoms with E-state index in [1.165, 1.54) is 13.2 Å². The molecule has 112 valence electrons. The minimum absolute atomic E-state index is 0.124. The molecule has 2 aromatic rings. The molecule has 1 unspecified atom stereocenters. The zero-order chi connectivity index (χ0) is 15.4. The Morgan fingerprint density at radius 1 is 1.52 bits per heavy atom. The summed E-state index contributed by atoms with van der Waals surface area (Å²) in [6.45, 7) is 2.46. The molecule has 0 amide bonds. The van der Waals surface area contributed by atoms with E-state index in [4.69, 9.17) is 4.74 Å². The quantitative estimate of drug-likeness (QED) is 0.646. The molecule has 1 aromatic heterocycles. The van der Waals surface area contributed by atoms with Gasteiger partial charge in [0.1, 0.15) is 11.4 Å². The summed E-state index contributed by atoms with van der Waals surface area (Å²) in [7, 11) is 1.39. The molecular weight excluding hydrogens is 295 g/mol. The minimum atomic E-state index is -0.912. The first-order valence-corrected chi connectivity index (χ1v) is 7.25. The van der Waals surface area contributed by atoms with Crippen LogP contribution in [0.25, 0.3) is 0 Å². The molecule has 0 aliphatic heterocycles. The maximum absolute atomic E-state index is 13.8. The number of ether oxygens (including phenoxy) is 1. The van der Waals surface area contributed by atoms with E-state index < -0.39 is 16.4 Å². The summed E-state index contributed by atoms with van der Waals surface area (Å²) in [6, 6.07) is 4.44. The van der Waals surface area contributed by atoms with Gasteiger partial charge in [-0.25, -0.2) is 0 Å². The van der Waals surface area contributed by atoms with Crippen LogP contribution in [0.15, 0.2) is 29.0 Å². The fraction of sp³-hybridized carbons (Fsp3) is 0.286. The van der Waals surface area contributed by atoms with Crippen LogP contribution in [0.3, 0.4) is 0 Å².